The molecule has 1 aliphatic rings. The summed E-state index contributed by atoms with van der Waals surface area (Å²) in [6.45, 7) is 0. The fourth-order valence-corrected chi connectivity index (χ4v) is 2.55. The summed E-state index contributed by atoms with van der Waals surface area (Å²) in [5.41, 5.74) is 6.20. The fourth-order valence-electron chi connectivity index (χ4n) is 1.61. The van der Waals surface area contributed by atoms with Gasteiger partial charge in [-0.05, 0) is 18.2 Å². The van der Waals surface area contributed by atoms with Gasteiger partial charge in [-0.2, -0.15) is 0 Å². The number of thioether (sulfide) groups is 1. The van der Waals surface area contributed by atoms with Crippen LogP contribution >= 0.6 is 24.2 Å². The first kappa shape index (κ1) is 15.6. The Morgan fingerprint density at radius 3 is 2.58 bits per heavy atom. The van der Waals surface area contributed by atoms with Gasteiger partial charge < -0.3 is 16.4 Å². The molecular formula is C11H15ClN4O2S. The molecule has 2 rings (SSSR count). The lowest BCUT2D eigenvalue weighted by Crippen LogP contribution is -2.37. The molecule has 104 valence electrons. The number of urea groups is 1. The van der Waals surface area contributed by atoms with E-state index >= 15 is 0 Å². The van der Waals surface area contributed by atoms with Crippen LogP contribution in [-0.2, 0) is 4.79 Å². The van der Waals surface area contributed by atoms with Crippen molar-refractivity contribution in [3.05, 3.63) is 24.3 Å². The summed E-state index contributed by atoms with van der Waals surface area (Å²) in [7, 11) is 0. The number of anilines is 2. The maximum atomic E-state index is 11.8. The smallest absolute Gasteiger partial charge is 0.316 e. The van der Waals surface area contributed by atoms with E-state index < -0.39 is 6.03 Å². The second kappa shape index (κ2) is 7.22. The number of hydrogen-bond acceptors (Lipinski definition) is 4. The number of amides is 3. The average Bonchev–Trinajstić information content (AvgIpc) is 2.81. The minimum Gasteiger partial charge on any atom is -0.351 e. The second-order valence-electron chi connectivity index (χ2n) is 3.83. The molecule has 1 fully saturated rings. The predicted molar refractivity (Wildman–Crippen MR) is 79.8 cm³/mol. The van der Waals surface area contributed by atoms with Crippen molar-refractivity contribution in [2.75, 3.05) is 22.3 Å². The third kappa shape index (κ3) is 4.62. The zero-order valence-electron chi connectivity index (χ0n) is 10.0. The molecule has 0 aliphatic carbocycles. The van der Waals surface area contributed by atoms with Gasteiger partial charge in [0.25, 0.3) is 0 Å². The lowest BCUT2D eigenvalue weighted by atomic mass is 10.2. The number of halogens is 1. The first-order chi connectivity index (χ1) is 8.65. The van der Waals surface area contributed by atoms with Gasteiger partial charge in [0.2, 0.25) is 5.91 Å². The molecule has 0 radical (unpaired) electrons. The van der Waals surface area contributed by atoms with Gasteiger partial charge >= 0.3 is 6.03 Å². The normalized spacial score (nSPS) is 17.4. The number of primary amides is 1. The van der Waals surface area contributed by atoms with Crippen LogP contribution in [0.25, 0.3) is 0 Å². The molecule has 0 spiro atoms. The molecule has 1 aromatic carbocycles. The van der Waals surface area contributed by atoms with Crippen LogP contribution in [0.1, 0.15) is 0 Å². The number of benzene rings is 1. The molecule has 0 saturated carbocycles. The van der Waals surface area contributed by atoms with Gasteiger partial charge in [0.1, 0.15) is 0 Å². The topological polar surface area (TPSA) is 96.2 Å². The Hall–Kier alpha value is -1.44. The Morgan fingerprint density at radius 2 is 2.00 bits per heavy atom. The molecule has 8 heteroatoms. The van der Waals surface area contributed by atoms with Crippen LogP contribution in [-0.4, -0.2) is 29.6 Å². The van der Waals surface area contributed by atoms with Gasteiger partial charge in [-0.15, -0.1) is 24.2 Å². The first-order valence-corrected chi connectivity index (χ1v) is 6.59. The lowest BCUT2D eigenvalue weighted by molar-refractivity contribution is -0.117. The molecule has 1 aromatic rings. The zero-order chi connectivity index (χ0) is 13.0. The van der Waals surface area contributed by atoms with Crippen molar-refractivity contribution in [3.8, 4) is 0 Å². The highest BCUT2D eigenvalue weighted by molar-refractivity contribution is 7.99. The van der Waals surface area contributed by atoms with Crippen LogP contribution in [0, 0.1) is 0 Å². The Kier molecular flexibility index (Phi) is 5.94. The summed E-state index contributed by atoms with van der Waals surface area (Å²) >= 11 is 1.69. The van der Waals surface area contributed by atoms with Crippen LogP contribution in [0.5, 0.6) is 0 Å². The quantitative estimate of drug-likeness (QED) is 0.674. The van der Waals surface area contributed by atoms with Crippen molar-refractivity contribution >= 4 is 47.5 Å². The van der Waals surface area contributed by atoms with E-state index in [2.05, 4.69) is 16.0 Å². The Morgan fingerprint density at radius 1 is 1.32 bits per heavy atom. The zero-order valence-corrected chi connectivity index (χ0v) is 11.6. The molecule has 5 N–H and O–H groups in total. The van der Waals surface area contributed by atoms with Crippen LogP contribution < -0.4 is 21.7 Å². The summed E-state index contributed by atoms with van der Waals surface area (Å²) in [6, 6.07) is 6.05. The SMILES string of the molecule is Cl.NC(=O)Nc1cccc(NC(=O)C2CSCN2)c1. The molecule has 1 saturated heterocycles. The molecule has 3 amide bonds. The molecule has 19 heavy (non-hydrogen) atoms. The summed E-state index contributed by atoms with van der Waals surface area (Å²) < 4.78 is 0. The summed E-state index contributed by atoms with van der Waals surface area (Å²) in [5, 5.41) is 8.33. The van der Waals surface area contributed by atoms with E-state index in [1.807, 2.05) is 0 Å². The molecule has 6 nitrogen and oxygen atoms in total. The van der Waals surface area contributed by atoms with Gasteiger partial charge in [0, 0.05) is 23.0 Å². The first-order valence-electron chi connectivity index (χ1n) is 5.43. The van der Waals surface area contributed by atoms with Crippen LogP contribution in [0.3, 0.4) is 0 Å². The van der Waals surface area contributed by atoms with E-state index in [1.165, 1.54) is 0 Å². The monoisotopic (exact) mass is 302 g/mol. The average molecular weight is 303 g/mol. The number of rotatable bonds is 3. The van der Waals surface area contributed by atoms with Crippen molar-refractivity contribution in [2.45, 2.75) is 6.04 Å². The highest BCUT2D eigenvalue weighted by Crippen LogP contribution is 2.16. The van der Waals surface area contributed by atoms with Gasteiger partial charge in [-0.3, -0.25) is 10.1 Å². The Balaban J connectivity index is 0.00000180. The predicted octanol–water partition coefficient (Wildman–Crippen LogP) is 1.20. The van der Waals surface area contributed by atoms with Crippen molar-refractivity contribution in [2.24, 2.45) is 5.73 Å². The van der Waals surface area contributed by atoms with Gasteiger partial charge in [-0.1, -0.05) is 6.07 Å². The molecule has 0 bridgehead atoms. The number of nitrogens with one attached hydrogen (secondary N) is 3. The third-order valence-corrected chi connectivity index (χ3v) is 3.37. The minimum atomic E-state index is -0.632. The molecular weight excluding hydrogens is 288 g/mol. The van der Waals surface area contributed by atoms with Crippen LogP contribution in [0.15, 0.2) is 24.3 Å². The van der Waals surface area contributed by atoms with Crippen LogP contribution in [0.4, 0.5) is 16.2 Å². The van der Waals surface area contributed by atoms with Crippen molar-refractivity contribution in [1.82, 2.24) is 5.32 Å². The molecule has 1 heterocycles. The number of carbonyl (C=O) groups is 2. The standard InChI is InChI=1S/C11H14N4O2S.ClH/c12-11(17)15-8-3-1-2-7(4-8)14-10(16)9-5-18-6-13-9;/h1-4,9,13H,5-6H2,(H,14,16)(H3,12,15,17);1H. The maximum Gasteiger partial charge on any atom is 0.316 e. The minimum absolute atomic E-state index is 0. The largest absolute Gasteiger partial charge is 0.351 e. The number of nitrogens with two attached hydrogens (primary N) is 1. The molecule has 1 aliphatic heterocycles. The van der Waals surface area contributed by atoms with E-state index in [9.17, 15) is 9.59 Å². The second-order valence-corrected chi connectivity index (χ2v) is 4.86. The van der Waals surface area contributed by atoms with E-state index in [0.29, 0.717) is 11.4 Å². The number of carbonyl (C=O) groups excluding carboxylic acids is 2. The summed E-state index contributed by atoms with van der Waals surface area (Å²) in [6.07, 6.45) is 0. The fraction of sp³-hybridized carbons (Fsp3) is 0.273. The highest BCUT2D eigenvalue weighted by Gasteiger charge is 2.22. The van der Waals surface area contributed by atoms with Gasteiger partial charge in [0.15, 0.2) is 0 Å². The maximum absolute atomic E-state index is 11.8. The summed E-state index contributed by atoms with van der Waals surface area (Å²) in [4.78, 5) is 22.6. The molecule has 1 unspecified atom stereocenters. The third-order valence-electron chi connectivity index (χ3n) is 2.43. The van der Waals surface area contributed by atoms with Crippen molar-refractivity contribution in [3.63, 3.8) is 0 Å². The van der Waals surface area contributed by atoms with Gasteiger partial charge in [-0.25, -0.2) is 4.79 Å². The van der Waals surface area contributed by atoms with E-state index in [0.717, 1.165) is 11.6 Å². The summed E-state index contributed by atoms with van der Waals surface area (Å²) in [5.74, 6) is 1.49. The molecule has 1 atom stereocenters. The van der Waals surface area contributed by atoms with Crippen LogP contribution in [0.2, 0.25) is 0 Å². The highest BCUT2D eigenvalue weighted by atomic mass is 35.5. The van der Waals surface area contributed by atoms with Crippen molar-refractivity contribution in [1.29, 1.82) is 0 Å². The Labute approximate surface area is 121 Å². The lowest BCUT2D eigenvalue weighted by Gasteiger charge is -2.11. The van der Waals surface area contributed by atoms with E-state index in [4.69, 9.17) is 5.73 Å². The van der Waals surface area contributed by atoms with Crippen molar-refractivity contribution < 1.29 is 9.59 Å². The molecule has 0 aromatic heterocycles. The number of hydrogen-bond donors (Lipinski definition) is 4. The Bertz CT molecular complexity index is 466. The van der Waals surface area contributed by atoms with E-state index in [1.54, 1.807) is 36.0 Å². The van der Waals surface area contributed by atoms with Gasteiger partial charge in [0.05, 0.1) is 6.04 Å². The van der Waals surface area contributed by atoms with E-state index in [-0.39, 0.29) is 24.4 Å².